The van der Waals surface area contributed by atoms with Gasteiger partial charge in [-0.2, -0.15) is 0 Å². The molecular formula is C14H17NO4. The zero-order valence-corrected chi connectivity index (χ0v) is 10.8. The number of benzene rings is 1. The van der Waals surface area contributed by atoms with Crippen LogP contribution in [0.3, 0.4) is 0 Å². The number of carboxylic acids is 1. The van der Waals surface area contributed by atoms with Gasteiger partial charge in [-0.15, -0.1) is 0 Å². The van der Waals surface area contributed by atoms with E-state index in [4.69, 9.17) is 9.84 Å². The minimum Gasteiger partial charge on any atom is -0.481 e. The Labute approximate surface area is 111 Å². The summed E-state index contributed by atoms with van der Waals surface area (Å²) in [7, 11) is 1.63. The van der Waals surface area contributed by atoms with Crippen molar-refractivity contribution in [2.75, 3.05) is 7.11 Å². The van der Waals surface area contributed by atoms with E-state index in [1.807, 2.05) is 24.3 Å². The molecule has 5 nitrogen and oxygen atoms in total. The maximum Gasteiger partial charge on any atom is 0.307 e. The molecule has 0 spiro atoms. The van der Waals surface area contributed by atoms with Gasteiger partial charge in [0.15, 0.2) is 0 Å². The maximum absolute atomic E-state index is 11.7. The molecule has 1 saturated carbocycles. The molecule has 0 unspecified atom stereocenters. The van der Waals surface area contributed by atoms with Crippen molar-refractivity contribution in [3.63, 3.8) is 0 Å². The number of nitrogens with one attached hydrogen (secondary N) is 1. The summed E-state index contributed by atoms with van der Waals surface area (Å²) in [6.07, 6.45) is 0.449. The fourth-order valence-corrected chi connectivity index (χ4v) is 2.07. The fraction of sp³-hybridized carbons (Fsp3) is 0.429. The van der Waals surface area contributed by atoms with Crippen LogP contribution in [0.5, 0.6) is 0 Å². The normalized spacial score (nSPS) is 20.9. The van der Waals surface area contributed by atoms with E-state index in [0.29, 0.717) is 19.6 Å². The first-order valence-electron chi connectivity index (χ1n) is 6.19. The quantitative estimate of drug-likeness (QED) is 0.807. The summed E-state index contributed by atoms with van der Waals surface area (Å²) in [4.78, 5) is 22.4. The number of hydrogen-bond acceptors (Lipinski definition) is 3. The van der Waals surface area contributed by atoms with Crippen LogP contribution < -0.4 is 5.32 Å². The largest absolute Gasteiger partial charge is 0.481 e. The number of carbonyl (C=O) groups is 2. The smallest absolute Gasteiger partial charge is 0.307 e. The van der Waals surface area contributed by atoms with E-state index in [1.54, 1.807) is 7.11 Å². The van der Waals surface area contributed by atoms with Crippen molar-refractivity contribution in [1.82, 2.24) is 5.32 Å². The molecule has 0 radical (unpaired) electrons. The van der Waals surface area contributed by atoms with Crippen molar-refractivity contribution in [1.29, 1.82) is 0 Å². The summed E-state index contributed by atoms with van der Waals surface area (Å²) in [6.45, 7) is 0.949. The zero-order valence-electron chi connectivity index (χ0n) is 10.8. The molecule has 1 fully saturated rings. The molecule has 2 N–H and O–H groups in total. The van der Waals surface area contributed by atoms with Crippen molar-refractivity contribution in [3.05, 3.63) is 35.4 Å². The third kappa shape index (κ3) is 3.54. The first-order valence-corrected chi connectivity index (χ1v) is 6.19. The molecule has 1 amide bonds. The van der Waals surface area contributed by atoms with Gasteiger partial charge in [0.1, 0.15) is 0 Å². The van der Waals surface area contributed by atoms with Gasteiger partial charge in [0.05, 0.1) is 18.4 Å². The minimum absolute atomic E-state index is 0.176. The lowest BCUT2D eigenvalue weighted by molar-refractivity contribution is -0.140. The number of carbonyl (C=O) groups excluding carboxylic acids is 1. The Morgan fingerprint density at radius 1 is 1.37 bits per heavy atom. The lowest BCUT2D eigenvalue weighted by Crippen LogP contribution is -2.25. The van der Waals surface area contributed by atoms with Gasteiger partial charge in [-0.25, -0.2) is 0 Å². The van der Waals surface area contributed by atoms with E-state index >= 15 is 0 Å². The Bertz CT molecular complexity index is 486. The zero-order chi connectivity index (χ0) is 13.8. The summed E-state index contributed by atoms with van der Waals surface area (Å²) in [5.74, 6) is -1.92. The highest BCUT2D eigenvalue weighted by molar-refractivity contribution is 5.89. The molecule has 2 rings (SSSR count). The van der Waals surface area contributed by atoms with Crippen LogP contribution in [0, 0.1) is 11.8 Å². The highest BCUT2D eigenvalue weighted by Crippen LogP contribution is 2.38. The van der Waals surface area contributed by atoms with E-state index in [1.165, 1.54) is 0 Å². The van der Waals surface area contributed by atoms with Crippen LogP contribution in [0.4, 0.5) is 0 Å². The molecule has 0 aromatic heterocycles. The molecule has 0 saturated heterocycles. The molecule has 1 aromatic rings. The summed E-state index contributed by atoms with van der Waals surface area (Å²) >= 11 is 0. The fourth-order valence-electron chi connectivity index (χ4n) is 2.07. The van der Waals surface area contributed by atoms with E-state index in [0.717, 1.165) is 11.1 Å². The molecule has 1 aliphatic carbocycles. The van der Waals surface area contributed by atoms with Crippen molar-refractivity contribution in [3.8, 4) is 0 Å². The predicted molar refractivity (Wildman–Crippen MR) is 68.2 cm³/mol. The van der Waals surface area contributed by atoms with Gasteiger partial charge < -0.3 is 15.2 Å². The molecule has 1 aromatic carbocycles. The van der Waals surface area contributed by atoms with E-state index in [-0.39, 0.29) is 11.8 Å². The Balaban J connectivity index is 1.84. The minimum atomic E-state index is -0.887. The number of rotatable bonds is 6. The van der Waals surface area contributed by atoms with Gasteiger partial charge >= 0.3 is 5.97 Å². The third-order valence-electron chi connectivity index (χ3n) is 3.21. The monoisotopic (exact) mass is 263 g/mol. The number of methoxy groups -OCH3 is 1. The molecule has 5 heteroatoms. The molecule has 0 aliphatic heterocycles. The SMILES string of the molecule is COCc1cccc(CNC(=O)[C@H]2C[C@@H]2C(=O)O)c1. The Morgan fingerprint density at radius 2 is 2.11 bits per heavy atom. The molecule has 102 valence electrons. The molecule has 1 aliphatic rings. The van der Waals surface area contributed by atoms with Crippen LogP contribution in [0.2, 0.25) is 0 Å². The molecule has 2 atom stereocenters. The molecule has 19 heavy (non-hydrogen) atoms. The van der Waals surface area contributed by atoms with Gasteiger partial charge in [0, 0.05) is 13.7 Å². The third-order valence-corrected chi connectivity index (χ3v) is 3.21. The summed E-state index contributed by atoms with van der Waals surface area (Å²) in [6, 6.07) is 7.75. The molecule has 0 heterocycles. The van der Waals surface area contributed by atoms with Crippen LogP contribution in [-0.4, -0.2) is 24.1 Å². The molecular weight excluding hydrogens is 246 g/mol. The standard InChI is InChI=1S/C14H17NO4/c1-19-8-10-4-2-3-9(5-10)7-15-13(16)11-6-12(11)14(17)18/h2-5,11-12H,6-8H2,1H3,(H,15,16)(H,17,18)/t11-,12-/m0/s1. The highest BCUT2D eigenvalue weighted by atomic mass is 16.5. The summed E-state index contributed by atoms with van der Waals surface area (Å²) in [5.41, 5.74) is 2.03. The van der Waals surface area contributed by atoms with Gasteiger partial charge in [-0.05, 0) is 17.5 Å². The lowest BCUT2D eigenvalue weighted by atomic mass is 10.1. The van der Waals surface area contributed by atoms with Gasteiger partial charge in [0.2, 0.25) is 5.91 Å². The maximum atomic E-state index is 11.7. The Morgan fingerprint density at radius 3 is 2.74 bits per heavy atom. The first-order chi connectivity index (χ1) is 9.11. The van der Waals surface area contributed by atoms with Crippen LogP contribution in [0.25, 0.3) is 0 Å². The highest BCUT2D eigenvalue weighted by Gasteiger charge is 2.48. The average molecular weight is 263 g/mol. The van der Waals surface area contributed by atoms with E-state index < -0.39 is 11.9 Å². The second-order valence-electron chi connectivity index (χ2n) is 4.76. The Kier molecular flexibility index (Phi) is 4.16. The first kappa shape index (κ1) is 13.5. The number of aliphatic carboxylic acids is 1. The van der Waals surface area contributed by atoms with Gasteiger partial charge in [0.25, 0.3) is 0 Å². The molecule has 0 bridgehead atoms. The van der Waals surface area contributed by atoms with Crippen molar-refractivity contribution < 1.29 is 19.4 Å². The van der Waals surface area contributed by atoms with Crippen molar-refractivity contribution in [2.24, 2.45) is 11.8 Å². The van der Waals surface area contributed by atoms with Crippen LogP contribution in [-0.2, 0) is 27.5 Å². The van der Waals surface area contributed by atoms with Crippen molar-refractivity contribution >= 4 is 11.9 Å². The van der Waals surface area contributed by atoms with Gasteiger partial charge in [-0.3, -0.25) is 9.59 Å². The summed E-state index contributed by atoms with van der Waals surface area (Å²) in [5, 5.41) is 11.5. The topological polar surface area (TPSA) is 75.6 Å². The lowest BCUT2D eigenvalue weighted by Gasteiger charge is -2.06. The average Bonchev–Trinajstić information content (AvgIpc) is 3.17. The number of amides is 1. The number of ether oxygens (including phenoxy) is 1. The van der Waals surface area contributed by atoms with E-state index in [9.17, 15) is 9.59 Å². The van der Waals surface area contributed by atoms with Crippen molar-refractivity contribution in [2.45, 2.75) is 19.6 Å². The van der Waals surface area contributed by atoms with Crippen LogP contribution in [0.1, 0.15) is 17.5 Å². The second kappa shape index (κ2) is 5.84. The van der Waals surface area contributed by atoms with Crippen LogP contribution in [0.15, 0.2) is 24.3 Å². The Hall–Kier alpha value is -1.88. The number of hydrogen-bond donors (Lipinski definition) is 2. The number of carboxylic acid groups (broad SMARTS) is 1. The van der Waals surface area contributed by atoms with E-state index in [2.05, 4.69) is 5.32 Å². The van der Waals surface area contributed by atoms with Crippen LogP contribution >= 0.6 is 0 Å². The summed E-state index contributed by atoms with van der Waals surface area (Å²) < 4.78 is 5.04. The second-order valence-corrected chi connectivity index (χ2v) is 4.76. The predicted octanol–water partition coefficient (Wildman–Crippen LogP) is 1.17. The van der Waals surface area contributed by atoms with Gasteiger partial charge in [-0.1, -0.05) is 24.3 Å².